The van der Waals surface area contributed by atoms with E-state index in [0.717, 1.165) is 32.7 Å². The van der Waals surface area contributed by atoms with Crippen molar-refractivity contribution >= 4 is 11.6 Å². The summed E-state index contributed by atoms with van der Waals surface area (Å²) in [5.41, 5.74) is 2.43. The molecule has 2 heterocycles. The third-order valence-electron chi connectivity index (χ3n) is 5.29. The van der Waals surface area contributed by atoms with E-state index in [1.54, 1.807) is 19.1 Å². The van der Waals surface area contributed by atoms with Crippen LogP contribution in [0.5, 0.6) is 0 Å². The van der Waals surface area contributed by atoms with Gasteiger partial charge in [-0.15, -0.1) is 0 Å². The van der Waals surface area contributed by atoms with E-state index < -0.39 is 5.91 Å². The lowest BCUT2D eigenvalue weighted by molar-refractivity contribution is 0.102. The third kappa shape index (κ3) is 5.11. The number of halogens is 1. The highest BCUT2D eigenvalue weighted by atomic mass is 19.1. The molecular formula is C23H25FN4O2. The summed E-state index contributed by atoms with van der Waals surface area (Å²) in [4.78, 5) is 21.4. The molecule has 1 aliphatic heterocycles. The molecule has 156 valence electrons. The van der Waals surface area contributed by atoms with E-state index in [4.69, 9.17) is 4.42 Å². The highest BCUT2D eigenvalue weighted by Gasteiger charge is 2.20. The SMILES string of the molecule is Cc1ccc(NC(=O)c2coc(CN3CCN(Cc4ccccc4)CC3)n2)cc1F. The Morgan fingerprint density at radius 1 is 1.07 bits per heavy atom. The number of rotatable bonds is 6. The van der Waals surface area contributed by atoms with Crippen LogP contribution in [0.1, 0.15) is 27.5 Å². The monoisotopic (exact) mass is 408 g/mol. The zero-order chi connectivity index (χ0) is 20.9. The van der Waals surface area contributed by atoms with Crippen molar-refractivity contribution in [2.45, 2.75) is 20.0 Å². The van der Waals surface area contributed by atoms with Crippen molar-refractivity contribution < 1.29 is 13.6 Å². The summed E-state index contributed by atoms with van der Waals surface area (Å²) in [5, 5.41) is 2.65. The average Bonchev–Trinajstić information content (AvgIpc) is 3.22. The number of carbonyl (C=O) groups excluding carboxylic acids is 1. The molecule has 1 fully saturated rings. The van der Waals surface area contributed by atoms with Gasteiger partial charge in [0.15, 0.2) is 5.69 Å². The Bertz CT molecular complexity index is 997. The minimum atomic E-state index is -0.416. The predicted molar refractivity (Wildman–Crippen MR) is 113 cm³/mol. The molecule has 0 saturated carbocycles. The highest BCUT2D eigenvalue weighted by molar-refractivity contribution is 6.02. The second-order valence-corrected chi connectivity index (χ2v) is 7.58. The molecule has 7 heteroatoms. The first-order valence-electron chi connectivity index (χ1n) is 10.1. The van der Waals surface area contributed by atoms with Crippen molar-refractivity contribution in [1.82, 2.24) is 14.8 Å². The number of hydrogen-bond donors (Lipinski definition) is 1. The molecule has 0 atom stereocenters. The zero-order valence-corrected chi connectivity index (χ0v) is 17.0. The number of nitrogens with zero attached hydrogens (tertiary/aromatic N) is 3. The molecule has 1 aromatic heterocycles. The summed E-state index contributed by atoms with van der Waals surface area (Å²) in [6.07, 6.45) is 1.35. The van der Waals surface area contributed by atoms with Crippen LogP contribution in [-0.4, -0.2) is 46.9 Å². The number of carbonyl (C=O) groups is 1. The number of nitrogens with one attached hydrogen (secondary N) is 1. The van der Waals surface area contributed by atoms with Crippen LogP contribution in [0.25, 0.3) is 0 Å². The molecule has 6 nitrogen and oxygen atoms in total. The first-order chi connectivity index (χ1) is 14.6. The van der Waals surface area contributed by atoms with Crippen LogP contribution in [0, 0.1) is 12.7 Å². The van der Waals surface area contributed by atoms with Gasteiger partial charge in [0.1, 0.15) is 12.1 Å². The molecule has 0 aliphatic carbocycles. The number of oxazole rings is 1. The maximum atomic E-state index is 13.7. The zero-order valence-electron chi connectivity index (χ0n) is 17.0. The van der Waals surface area contributed by atoms with E-state index in [1.807, 2.05) is 6.07 Å². The highest BCUT2D eigenvalue weighted by Crippen LogP contribution is 2.16. The van der Waals surface area contributed by atoms with Gasteiger partial charge in [0.25, 0.3) is 5.91 Å². The van der Waals surface area contributed by atoms with Crippen molar-refractivity contribution in [2.24, 2.45) is 0 Å². The standard InChI is InChI=1S/C23H25FN4O2/c1-17-7-8-19(13-20(17)24)25-23(29)21-16-30-22(26-21)15-28-11-9-27(10-12-28)14-18-5-3-2-4-6-18/h2-8,13,16H,9-12,14-15H2,1H3,(H,25,29). The fourth-order valence-corrected chi connectivity index (χ4v) is 3.49. The molecule has 30 heavy (non-hydrogen) atoms. The van der Waals surface area contributed by atoms with Gasteiger partial charge >= 0.3 is 0 Å². The molecule has 1 N–H and O–H groups in total. The Morgan fingerprint density at radius 3 is 2.47 bits per heavy atom. The Morgan fingerprint density at radius 2 is 1.77 bits per heavy atom. The normalized spacial score (nSPS) is 15.3. The van der Waals surface area contributed by atoms with Gasteiger partial charge in [-0.25, -0.2) is 9.37 Å². The number of anilines is 1. The number of aryl methyl sites for hydroxylation is 1. The minimum absolute atomic E-state index is 0.189. The lowest BCUT2D eigenvalue weighted by Crippen LogP contribution is -2.45. The van der Waals surface area contributed by atoms with Gasteiger partial charge in [0.05, 0.1) is 6.54 Å². The molecule has 0 radical (unpaired) electrons. The number of hydrogen-bond acceptors (Lipinski definition) is 5. The summed E-state index contributed by atoms with van der Waals surface area (Å²) >= 11 is 0. The molecule has 4 rings (SSSR count). The molecule has 0 bridgehead atoms. The number of benzene rings is 2. The van der Waals surface area contributed by atoms with Gasteiger partial charge < -0.3 is 9.73 Å². The summed E-state index contributed by atoms with van der Waals surface area (Å²) in [7, 11) is 0. The molecule has 1 amide bonds. The summed E-state index contributed by atoms with van der Waals surface area (Å²) < 4.78 is 19.1. The van der Waals surface area contributed by atoms with Gasteiger partial charge in [0.2, 0.25) is 5.89 Å². The van der Waals surface area contributed by atoms with Crippen molar-refractivity contribution in [1.29, 1.82) is 0 Å². The van der Waals surface area contributed by atoms with Crippen LogP contribution in [0.15, 0.2) is 59.2 Å². The van der Waals surface area contributed by atoms with Gasteiger partial charge in [-0.05, 0) is 30.2 Å². The van der Waals surface area contributed by atoms with E-state index in [-0.39, 0.29) is 11.5 Å². The first-order valence-corrected chi connectivity index (χ1v) is 10.1. The second kappa shape index (κ2) is 9.19. The molecule has 0 unspecified atom stereocenters. The Hall–Kier alpha value is -3.03. The van der Waals surface area contributed by atoms with Crippen molar-refractivity contribution in [2.75, 3.05) is 31.5 Å². The van der Waals surface area contributed by atoms with Crippen LogP contribution in [0.2, 0.25) is 0 Å². The lowest BCUT2D eigenvalue weighted by atomic mass is 10.2. The largest absolute Gasteiger partial charge is 0.447 e. The molecule has 1 aliphatic rings. The van der Waals surface area contributed by atoms with Crippen LogP contribution >= 0.6 is 0 Å². The van der Waals surface area contributed by atoms with Gasteiger partial charge in [-0.2, -0.15) is 0 Å². The van der Waals surface area contributed by atoms with Gasteiger partial charge in [0, 0.05) is 38.4 Å². The van der Waals surface area contributed by atoms with E-state index in [1.165, 1.54) is 17.9 Å². The second-order valence-electron chi connectivity index (χ2n) is 7.58. The van der Waals surface area contributed by atoms with Crippen LogP contribution in [0.3, 0.4) is 0 Å². The Balaban J connectivity index is 1.27. The molecule has 0 spiro atoms. The third-order valence-corrected chi connectivity index (χ3v) is 5.29. The van der Waals surface area contributed by atoms with Crippen LogP contribution < -0.4 is 5.32 Å². The fourth-order valence-electron chi connectivity index (χ4n) is 3.49. The number of amides is 1. The number of aromatic nitrogens is 1. The van der Waals surface area contributed by atoms with E-state index in [0.29, 0.717) is 23.7 Å². The average molecular weight is 408 g/mol. The van der Waals surface area contributed by atoms with Crippen molar-refractivity contribution in [3.63, 3.8) is 0 Å². The Kier molecular flexibility index (Phi) is 6.21. The topological polar surface area (TPSA) is 61.6 Å². The first kappa shape index (κ1) is 20.3. The predicted octanol–water partition coefficient (Wildman–Crippen LogP) is 3.69. The molecule has 3 aromatic rings. The van der Waals surface area contributed by atoms with E-state index in [9.17, 15) is 9.18 Å². The summed E-state index contributed by atoms with van der Waals surface area (Å²) in [6, 6.07) is 15.0. The van der Waals surface area contributed by atoms with Crippen LogP contribution in [0.4, 0.5) is 10.1 Å². The molecule has 1 saturated heterocycles. The van der Waals surface area contributed by atoms with Gasteiger partial charge in [-0.1, -0.05) is 36.4 Å². The quantitative estimate of drug-likeness (QED) is 0.674. The number of piperazine rings is 1. The maximum Gasteiger partial charge on any atom is 0.277 e. The smallest absolute Gasteiger partial charge is 0.277 e. The van der Waals surface area contributed by atoms with Gasteiger partial charge in [-0.3, -0.25) is 14.6 Å². The lowest BCUT2D eigenvalue weighted by Gasteiger charge is -2.34. The maximum absolute atomic E-state index is 13.7. The summed E-state index contributed by atoms with van der Waals surface area (Å²) in [6.45, 7) is 6.97. The van der Waals surface area contributed by atoms with Crippen molar-refractivity contribution in [3.8, 4) is 0 Å². The Labute approximate surface area is 175 Å². The minimum Gasteiger partial charge on any atom is -0.447 e. The summed E-state index contributed by atoms with van der Waals surface area (Å²) in [5.74, 6) is -0.271. The fraction of sp³-hybridized carbons (Fsp3) is 0.304. The molecular weight excluding hydrogens is 383 g/mol. The van der Waals surface area contributed by atoms with Crippen LogP contribution in [-0.2, 0) is 13.1 Å². The van der Waals surface area contributed by atoms with E-state index in [2.05, 4.69) is 44.4 Å². The van der Waals surface area contributed by atoms with E-state index >= 15 is 0 Å². The molecule has 2 aromatic carbocycles. The van der Waals surface area contributed by atoms with Crippen molar-refractivity contribution in [3.05, 3.63) is 83.3 Å².